The average Bonchev–Trinajstić information content (AvgIpc) is 2.64. The molecule has 1 aromatic carbocycles. The van der Waals surface area contributed by atoms with Crippen LogP contribution in [0.25, 0.3) is 0 Å². The number of aliphatic hydroxyl groups excluding tert-OH is 1. The van der Waals surface area contributed by atoms with Crippen molar-refractivity contribution in [2.75, 3.05) is 33.3 Å². The van der Waals surface area contributed by atoms with Crippen molar-refractivity contribution in [2.24, 2.45) is 5.41 Å². The molecule has 1 N–H and O–H groups in total. The van der Waals surface area contributed by atoms with Gasteiger partial charge in [-0.3, -0.25) is 9.59 Å². The molecular formula is C20H28N2O4. The maximum atomic E-state index is 12.5. The highest BCUT2D eigenvalue weighted by Crippen LogP contribution is 2.39. The zero-order chi connectivity index (χ0) is 18.7. The molecule has 2 aliphatic heterocycles. The number of hydrogen-bond acceptors (Lipinski definition) is 4. The molecule has 1 spiro atoms. The summed E-state index contributed by atoms with van der Waals surface area (Å²) in [4.78, 5) is 27.8. The lowest BCUT2D eigenvalue weighted by Crippen LogP contribution is -2.53. The van der Waals surface area contributed by atoms with Gasteiger partial charge in [0.05, 0.1) is 0 Å². The first-order chi connectivity index (χ1) is 12.4. The Morgan fingerprint density at radius 1 is 1.27 bits per heavy atom. The minimum Gasteiger partial charge on any atom is -0.490 e. The molecule has 26 heavy (non-hydrogen) atoms. The fraction of sp³-hybridized carbons (Fsp3) is 0.600. The van der Waals surface area contributed by atoms with E-state index >= 15 is 0 Å². The summed E-state index contributed by atoms with van der Waals surface area (Å²) in [5.74, 6) is 0.624. The molecular weight excluding hydrogens is 332 g/mol. The van der Waals surface area contributed by atoms with Gasteiger partial charge in [-0.25, -0.2) is 0 Å². The van der Waals surface area contributed by atoms with Gasteiger partial charge < -0.3 is 19.6 Å². The summed E-state index contributed by atoms with van der Waals surface area (Å²) in [6.07, 6.45) is 2.09. The van der Waals surface area contributed by atoms with Gasteiger partial charge in [0, 0.05) is 33.1 Å². The SMILES string of the molecule is Cc1ccccc1OCC(O)C(=O)N1CCC2(CCC(=O)N(C)C2)CC1. The van der Waals surface area contributed by atoms with Crippen LogP contribution in [0.2, 0.25) is 0 Å². The first-order valence-corrected chi connectivity index (χ1v) is 9.29. The van der Waals surface area contributed by atoms with Crippen LogP contribution in [-0.2, 0) is 9.59 Å². The number of carbonyl (C=O) groups excluding carboxylic acids is 2. The number of carbonyl (C=O) groups is 2. The Morgan fingerprint density at radius 2 is 1.96 bits per heavy atom. The fourth-order valence-corrected chi connectivity index (χ4v) is 4.01. The number of nitrogens with zero attached hydrogens (tertiary/aromatic N) is 2. The van der Waals surface area contributed by atoms with E-state index in [1.54, 1.807) is 4.90 Å². The Bertz CT molecular complexity index is 668. The molecule has 2 heterocycles. The molecule has 1 aromatic rings. The molecule has 2 fully saturated rings. The van der Waals surface area contributed by atoms with E-state index in [9.17, 15) is 14.7 Å². The van der Waals surface area contributed by atoms with Crippen LogP contribution in [0.4, 0.5) is 0 Å². The van der Waals surface area contributed by atoms with Crippen LogP contribution in [0.5, 0.6) is 5.75 Å². The lowest BCUT2D eigenvalue weighted by Gasteiger charge is -2.46. The molecule has 6 heteroatoms. The van der Waals surface area contributed by atoms with Crippen molar-refractivity contribution >= 4 is 11.8 Å². The molecule has 2 amide bonds. The quantitative estimate of drug-likeness (QED) is 0.885. The Kier molecular flexibility index (Phi) is 5.51. The number of aryl methyl sites for hydroxylation is 1. The van der Waals surface area contributed by atoms with Gasteiger partial charge in [0.1, 0.15) is 12.4 Å². The standard InChI is InChI=1S/C20H28N2O4/c1-15-5-3-4-6-17(15)26-13-16(23)19(25)22-11-9-20(10-12-22)8-7-18(24)21(2)14-20/h3-6,16,23H,7-14H2,1-2H3. The number of ether oxygens (including phenoxy) is 1. The molecule has 142 valence electrons. The topological polar surface area (TPSA) is 70.1 Å². The van der Waals surface area contributed by atoms with Crippen LogP contribution in [0.3, 0.4) is 0 Å². The second-order valence-corrected chi connectivity index (χ2v) is 7.67. The zero-order valence-corrected chi connectivity index (χ0v) is 15.6. The summed E-state index contributed by atoms with van der Waals surface area (Å²) >= 11 is 0. The minimum atomic E-state index is -1.15. The van der Waals surface area contributed by atoms with E-state index in [4.69, 9.17) is 4.74 Å². The van der Waals surface area contributed by atoms with Crippen LogP contribution in [0, 0.1) is 12.3 Å². The van der Waals surface area contributed by atoms with Gasteiger partial charge in [0.15, 0.2) is 6.10 Å². The number of piperidine rings is 2. The number of benzene rings is 1. The maximum Gasteiger partial charge on any atom is 0.254 e. The van der Waals surface area contributed by atoms with E-state index in [-0.39, 0.29) is 23.8 Å². The number of likely N-dealkylation sites (tertiary alicyclic amines) is 2. The Balaban J connectivity index is 1.50. The molecule has 0 aromatic heterocycles. The zero-order valence-electron chi connectivity index (χ0n) is 15.6. The van der Waals surface area contributed by atoms with Crippen molar-refractivity contribution in [1.29, 1.82) is 0 Å². The van der Waals surface area contributed by atoms with Gasteiger partial charge in [-0.1, -0.05) is 18.2 Å². The molecule has 0 aliphatic carbocycles. The van der Waals surface area contributed by atoms with Gasteiger partial charge in [0.25, 0.3) is 5.91 Å². The van der Waals surface area contributed by atoms with E-state index in [1.165, 1.54) is 0 Å². The third-order valence-electron chi connectivity index (χ3n) is 5.78. The first-order valence-electron chi connectivity index (χ1n) is 9.29. The predicted molar refractivity (Wildman–Crippen MR) is 97.8 cm³/mol. The van der Waals surface area contributed by atoms with Crippen LogP contribution in [0.15, 0.2) is 24.3 Å². The molecule has 0 bridgehead atoms. The van der Waals surface area contributed by atoms with Crippen molar-refractivity contribution in [2.45, 2.75) is 38.7 Å². The van der Waals surface area contributed by atoms with Crippen molar-refractivity contribution in [3.05, 3.63) is 29.8 Å². The van der Waals surface area contributed by atoms with E-state index in [0.717, 1.165) is 31.4 Å². The summed E-state index contributed by atoms with van der Waals surface area (Å²) in [5, 5.41) is 10.2. The third kappa shape index (κ3) is 4.01. The molecule has 2 aliphatic rings. The van der Waals surface area contributed by atoms with Crippen molar-refractivity contribution in [1.82, 2.24) is 9.80 Å². The second-order valence-electron chi connectivity index (χ2n) is 7.67. The largest absolute Gasteiger partial charge is 0.490 e. The lowest BCUT2D eigenvalue weighted by atomic mass is 9.72. The smallest absolute Gasteiger partial charge is 0.254 e. The number of hydrogen-bond donors (Lipinski definition) is 1. The summed E-state index contributed by atoms with van der Waals surface area (Å²) in [5.41, 5.74) is 1.10. The molecule has 1 atom stereocenters. The summed E-state index contributed by atoms with van der Waals surface area (Å²) in [6.45, 7) is 3.92. The monoisotopic (exact) mass is 360 g/mol. The first kappa shape index (κ1) is 18.7. The van der Waals surface area contributed by atoms with Crippen LogP contribution < -0.4 is 4.74 Å². The third-order valence-corrected chi connectivity index (χ3v) is 5.78. The van der Waals surface area contributed by atoms with E-state index < -0.39 is 6.10 Å². The average molecular weight is 360 g/mol. The highest BCUT2D eigenvalue weighted by atomic mass is 16.5. The lowest BCUT2D eigenvalue weighted by molar-refractivity contribution is -0.147. The highest BCUT2D eigenvalue weighted by Gasteiger charge is 2.41. The normalized spacial score (nSPS) is 21.0. The summed E-state index contributed by atoms with van der Waals surface area (Å²) in [7, 11) is 1.85. The van der Waals surface area contributed by atoms with Crippen LogP contribution in [0.1, 0.15) is 31.2 Å². The molecule has 0 saturated carbocycles. The summed E-state index contributed by atoms with van der Waals surface area (Å²) < 4.78 is 5.60. The van der Waals surface area contributed by atoms with Gasteiger partial charge in [-0.15, -0.1) is 0 Å². The number of rotatable bonds is 4. The number of para-hydroxylation sites is 1. The van der Waals surface area contributed by atoms with E-state index in [1.807, 2.05) is 43.1 Å². The van der Waals surface area contributed by atoms with Gasteiger partial charge >= 0.3 is 0 Å². The molecule has 0 radical (unpaired) electrons. The minimum absolute atomic E-state index is 0.0391. The maximum absolute atomic E-state index is 12.5. The molecule has 1 unspecified atom stereocenters. The second kappa shape index (κ2) is 7.66. The predicted octanol–water partition coefficient (Wildman–Crippen LogP) is 1.60. The van der Waals surface area contributed by atoms with Crippen molar-refractivity contribution in [3.63, 3.8) is 0 Å². The van der Waals surface area contributed by atoms with E-state index in [0.29, 0.717) is 25.3 Å². The van der Waals surface area contributed by atoms with Crippen LogP contribution >= 0.6 is 0 Å². The van der Waals surface area contributed by atoms with Crippen molar-refractivity contribution < 1.29 is 19.4 Å². The Labute approximate surface area is 154 Å². The van der Waals surface area contributed by atoms with E-state index in [2.05, 4.69) is 0 Å². The Morgan fingerprint density at radius 3 is 2.62 bits per heavy atom. The molecule has 2 saturated heterocycles. The van der Waals surface area contributed by atoms with Crippen molar-refractivity contribution in [3.8, 4) is 5.75 Å². The molecule has 3 rings (SSSR count). The van der Waals surface area contributed by atoms with Crippen LogP contribution in [-0.4, -0.2) is 66.1 Å². The van der Waals surface area contributed by atoms with Gasteiger partial charge in [-0.05, 0) is 43.2 Å². The fourth-order valence-electron chi connectivity index (χ4n) is 4.01. The van der Waals surface area contributed by atoms with Gasteiger partial charge in [0.2, 0.25) is 5.91 Å². The summed E-state index contributed by atoms with van der Waals surface area (Å²) in [6, 6.07) is 7.55. The number of amides is 2. The Hall–Kier alpha value is -2.08. The number of aliphatic hydroxyl groups is 1. The molecule has 6 nitrogen and oxygen atoms in total. The van der Waals surface area contributed by atoms with Gasteiger partial charge in [-0.2, -0.15) is 0 Å². The highest BCUT2D eigenvalue weighted by molar-refractivity contribution is 5.81.